The second kappa shape index (κ2) is 4.01. The average molecular weight is 192 g/mol. The average Bonchev–Trinajstić information content (AvgIpc) is 2.20. The molecule has 2 heteroatoms. The summed E-state index contributed by atoms with van der Waals surface area (Å²) in [7, 11) is 0. The Morgan fingerprint density at radius 3 is 2.50 bits per heavy atom. The minimum Gasteiger partial charge on any atom is -0.508 e. The quantitative estimate of drug-likeness (QED) is 0.717. The largest absolute Gasteiger partial charge is 0.508 e. The van der Waals surface area contributed by atoms with Crippen LogP contribution in [0.25, 0.3) is 0 Å². The van der Waals surface area contributed by atoms with E-state index in [1.807, 2.05) is 18.2 Å². The zero-order valence-corrected chi connectivity index (χ0v) is 8.19. The van der Waals surface area contributed by atoms with Crippen LogP contribution in [0.4, 0.5) is 0 Å². The number of hydrogen-bond acceptors (Lipinski definition) is 2. The predicted molar refractivity (Wildman–Crippen MR) is 55.3 cm³/mol. The monoisotopic (exact) mass is 192 g/mol. The molecule has 0 radical (unpaired) electrons. The van der Waals surface area contributed by atoms with E-state index in [-0.39, 0.29) is 12.0 Å². The highest BCUT2D eigenvalue weighted by Gasteiger charge is 2.26. The van der Waals surface area contributed by atoms with Gasteiger partial charge in [0.2, 0.25) is 0 Å². The number of aliphatic hydroxyl groups is 1. The summed E-state index contributed by atoms with van der Waals surface area (Å²) in [4.78, 5) is 0. The highest BCUT2D eigenvalue weighted by atomic mass is 16.3. The van der Waals surface area contributed by atoms with Crippen LogP contribution in [0.2, 0.25) is 0 Å². The van der Waals surface area contributed by atoms with Crippen LogP contribution in [0.3, 0.4) is 0 Å². The zero-order valence-electron chi connectivity index (χ0n) is 8.19. The molecule has 0 aliphatic heterocycles. The van der Waals surface area contributed by atoms with Crippen molar-refractivity contribution in [3.8, 4) is 5.75 Å². The molecule has 0 unspecified atom stereocenters. The van der Waals surface area contributed by atoms with Gasteiger partial charge in [-0.3, -0.25) is 0 Å². The summed E-state index contributed by atoms with van der Waals surface area (Å²) in [5.41, 5.74) is 0.903. The van der Waals surface area contributed by atoms with Gasteiger partial charge in [-0.1, -0.05) is 31.0 Å². The summed E-state index contributed by atoms with van der Waals surface area (Å²) >= 11 is 0. The Kier molecular flexibility index (Phi) is 2.73. The number of para-hydroxylation sites is 1. The molecule has 14 heavy (non-hydrogen) atoms. The fourth-order valence-corrected chi connectivity index (χ4v) is 2.28. The van der Waals surface area contributed by atoms with E-state index >= 15 is 0 Å². The minimum atomic E-state index is -0.281. The molecule has 0 aromatic heterocycles. The zero-order chi connectivity index (χ0) is 9.97. The third-order valence-corrected chi connectivity index (χ3v) is 3.07. The molecule has 0 bridgehead atoms. The molecule has 1 aliphatic carbocycles. The maximum absolute atomic E-state index is 9.84. The Bertz CT molecular complexity index is 309. The molecule has 2 rings (SSSR count). The van der Waals surface area contributed by atoms with Gasteiger partial charge in [0.05, 0.1) is 6.10 Å². The lowest BCUT2D eigenvalue weighted by atomic mass is 9.81. The molecule has 0 saturated heterocycles. The fourth-order valence-electron chi connectivity index (χ4n) is 2.28. The van der Waals surface area contributed by atoms with Crippen molar-refractivity contribution in [2.24, 2.45) is 0 Å². The van der Waals surface area contributed by atoms with Gasteiger partial charge in [0, 0.05) is 5.92 Å². The van der Waals surface area contributed by atoms with Crippen LogP contribution in [0.1, 0.15) is 37.2 Å². The van der Waals surface area contributed by atoms with Gasteiger partial charge in [-0.2, -0.15) is 0 Å². The molecule has 1 fully saturated rings. The molecule has 1 aromatic rings. The predicted octanol–water partition coefficient (Wildman–Crippen LogP) is 2.41. The number of rotatable bonds is 1. The summed E-state index contributed by atoms with van der Waals surface area (Å²) < 4.78 is 0. The third kappa shape index (κ3) is 1.75. The topological polar surface area (TPSA) is 40.5 Å². The first-order valence-electron chi connectivity index (χ1n) is 5.25. The summed E-state index contributed by atoms with van der Waals surface area (Å²) in [5.74, 6) is 0.448. The van der Waals surface area contributed by atoms with Crippen LogP contribution in [0.15, 0.2) is 24.3 Å². The van der Waals surface area contributed by atoms with Crippen molar-refractivity contribution >= 4 is 0 Å². The summed E-state index contributed by atoms with van der Waals surface area (Å²) in [6.45, 7) is 0. The summed E-state index contributed by atoms with van der Waals surface area (Å²) in [5, 5.41) is 19.5. The minimum absolute atomic E-state index is 0.130. The van der Waals surface area contributed by atoms with Crippen LogP contribution in [0.5, 0.6) is 5.75 Å². The maximum Gasteiger partial charge on any atom is 0.119 e. The Labute approximate surface area is 84.2 Å². The smallest absolute Gasteiger partial charge is 0.119 e. The van der Waals surface area contributed by atoms with E-state index < -0.39 is 0 Å². The first-order chi connectivity index (χ1) is 6.79. The van der Waals surface area contributed by atoms with Gasteiger partial charge in [0.25, 0.3) is 0 Å². The first-order valence-corrected chi connectivity index (χ1v) is 5.25. The van der Waals surface area contributed by atoms with E-state index in [9.17, 15) is 10.2 Å². The number of phenols is 1. The number of aromatic hydroxyl groups is 1. The molecule has 0 spiro atoms. The molecule has 2 N–H and O–H groups in total. The number of benzene rings is 1. The normalized spacial score (nSPS) is 27.5. The number of hydrogen-bond donors (Lipinski definition) is 2. The van der Waals surface area contributed by atoms with Crippen molar-refractivity contribution in [2.75, 3.05) is 0 Å². The first kappa shape index (κ1) is 9.53. The van der Waals surface area contributed by atoms with Crippen LogP contribution in [-0.2, 0) is 0 Å². The Balaban J connectivity index is 2.25. The van der Waals surface area contributed by atoms with E-state index in [1.165, 1.54) is 0 Å². The summed E-state index contributed by atoms with van der Waals surface area (Å²) in [6.07, 6.45) is 3.82. The van der Waals surface area contributed by atoms with Crippen LogP contribution in [0, 0.1) is 0 Å². The third-order valence-electron chi connectivity index (χ3n) is 3.07. The molecule has 2 nitrogen and oxygen atoms in total. The van der Waals surface area contributed by atoms with Crippen molar-refractivity contribution in [3.63, 3.8) is 0 Å². The van der Waals surface area contributed by atoms with E-state index in [2.05, 4.69) is 0 Å². The van der Waals surface area contributed by atoms with E-state index in [4.69, 9.17) is 0 Å². The molecular formula is C12H16O2. The maximum atomic E-state index is 9.84. The van der Waals surface area contributed by atoms with E-state index in [1.54, 1.807) is 6.07 Å². The van der Waals surface area contributed by atoms with Crippen LogP contribution >= 0.6 is 0 Å². The van der Waals surface area contributed by atoms with Gasteiger partial charge in [-0.05, 0) is 24.5 Å². The molecule has 1 saturated carbocycles. The molecule has 0 amide bonds. The molecule has 1 aliphatic rings. The van der Waals surface area contributed by atoms with Gasteiger partial charge in [0.15, 0.2) is 0 Å². The van der Waals surface area contributed by atoms with Crippen molar-refractivity contribution in [3.05, 3.63) is 29.8 Å². The lowest BCUT2D eigenvalue weighted by Crippen LogP contribution is -2.22. The van der Waals surface area contributed by atoms with Gasteiger partial charge < -0.3 is 10.2 Å². The summed E-state index contributed by atoms with van der Waals surface area (Å²) in [6, 6.07) is 7.33. The van der Waals surface area contributed by atoms with Gasteiger partial charge in [0.1, 0.15) is 5.75 Å². The molecular weight excluding hydrogens is 176 g/mol. The lowest BCUT2D eigenvalue weighted by Gasteiger charge is -2.28. The van der Waals surface area contributed by atoms with E-state index in [0.717, 1.165) is 31.2 Å². The van der Waals surface area contributed by atoms with Crippen molar-refractivity contribution in [1.82, 2.24) is 0 Å². The second-order valence-corrected chi connectivity index (χ2v) is 4.02. The fraction of sp³-hybridized carbons (Fsp3) is 0.500. The molecule has 76 valence electrons. The van der Waals surface area contributed by atoms with Crippen LogP contribution in [-0.4, -0.2) is 16.3 Å². The lowest BCUT2D eigenvalue weighted by molar-refractivity contribution is 0.105. The van der Waals surface area contributed by atoms with Crippen LogP contribution < -0.4 is 0 Å². The van der Waals surface area contributed by atoms with Gasteiger partial charge in [-0.25, -0.2) is 0 Å². The molecule has 1 aromatic carbocycles. The number of aliphatic hydroxyl groups excluding tert-OH is 1. The number of phenolic OH excluding ortho intramolecular Hbond substituents is 1. The highest BCUT2D eigenvalue weighted by Crippen LogP contribution is 2.36. The van der Waals surface area contributed by atoms with Crippen molar-refractivity contribution < 1.29 is 10.2 Å². The van der Waals surface area contributed by atoms with Gasteiger partial charge >= 0.3 is 0 Å². The Morgan fingerprint density at radius 1 is 1.07 bits per heavy atom. The molecule has 2 atom stereocenters. The van der Waals surface area contributed by atoms with Crippen molar-refractivity contribution in [2.45, 2.75) is 37.7 Å². The van der Waals surface area contributed by atoms with Gasteiger partial charge in [-0.15, -0.1) is 0 Å². The second-order valence-electron chi connectivity index (χ2n) is 4.02. The highest BCUT2D eigenvalue weighted by molar-refractivity contribution is 5.35. The Morgan fingerprint density at radius 2 is 1.79 bits per heavy atom. The Hall–Kier alpha value is -1.02. The SMILES string of the molecule is Oc1ccccc1[C@H]1CCCC[C@@H]1O. The standard InChI is InChI=1S/C12H16O2/c13-11-7-3-1-5-9(11)10-6-2-4-8-12(10)14/h1,3,5,7,10,12-14H,2,4,6,8H2/t10-,12+/m1/s1. The molecule has 0 heterocycles. The van der Waals surface area contributed by atoms with Crippen molar-refractivity contribution in [1.29, 1.82) is 0 Å². The van der Waals surface area contributed by atoms with E-state index in [0.29, 0.717) is 5.75 Å².